The molecule has 1 atom stereocenters. The lowest BCUT2D eigenvalue weighted by atomic mass is 9.71. The minimum Gasteiger partial charge on any atom is -0.305 e. The second-order valence-corrected chi connectivity index (χ2v) is 6.67. The van der Waals surface area contributed by atoms with Gasteiger partial charge in [0.2, 0.25) is 0 Å². The van der Waals surface area contributed by atoms with E-state index in [1.165, 1.54) is 6.42 Å². The Labute approximate surface area is 122 Å². The van der Waals surface area contributed by atoms with Crippen LogP contribution in [0.15, 0.2) is 24.4 Å². The van der Waals surface area contributed by atoms with E-state index < -0.39 is 0 Å². The van der Waals surface area contributed by atoms with E-state index >= 15 is 0 Å². The molecule has 1 saturated carbocycles. The number of pyridine rings is 1. The molecule has 0 bridgehead atoms. The summed E-state index contributed by atoms with van der Waals surface area (Å²) in [6.45, 7) is 6.03. The van der Waals surface area contributed by atoms with Crippen molar-refractivity contribution in [3.8, 4) is 0 Å². The molecule has 110 valence electrons. The molecular weight excluding hydrogens is 248 g/mol. The molecule has 1 aliphatic carbocycles. The molecule has 0 radical (unpaired) electrons. The van der Waals surface area contributed by atoms with Crippen LogP contribution in [-0.2, 0) is 11.2 Å². The molecular formula is C17H26N2O. The van der Waals surface area contributed by atoms with Gasteiger partial charge in [0.05, 0.1) is 0 Å². The molecule has 2 rings (SSSR count). The third-order valence-electron chi connectivity index (χ3n) is 4.40. The maximum Gasteiger partial charge on any atom is 0.142 e. The Balaban J connectivity index is 1.82. The smallest absolute Gasteiger partial charge is 0.142 e. The van der Waals surface area contributed by atoms with Crippen LogP contribution in [0.4, 0.5) is 0 Å². The van der Waals surface area contributed by atoms with Crippen LogP contribution in [0.2, 0.25) is 0 Å². The van der Waals surface area contributed by atoms with E-state index in [0.717, 1.165) is 38.0 Å². The molecule has 1 aliphatic rings. The lowest BCUT2D eigenvalue weighted by Gasteiger charge is -2.35. The van der Waals surface area contributed by atoms with Crippen LogP contribution < -0.4 is 0 Å². The SMILES string of the molecule is CN(CCc1ccccn1)CC1CCCC(C)(C)C1=O. The van der Waals surface area contributed by atoms with Crippen LogP contribution >= 0.6 is 0 Å². The molecule has 20 heavy (non-hydrogen) atoms. The van der Waals surface area contributed by atoms with Crippen molar-refractivity contribution < 1.29 is 4.79 Å². The fraction of sp³-hybridized carbons (Fsp3) is 0.647. The maximum atomic E-state index is 12.4. The van der Waals surface area contributed by atoms with Crippen molar-refractivity contribution in [2.45, 2.75) is 39.5 Å². The third kappa shape index (κ3) is 3.89. The van der Waals surface area contributed by atoms with Crippen LogP contribution in [0.5, 0.6) is 0 Å². The van der Waals surface area contributed by atoms with Gasteiger partial charge in [-0.1, -0.05) is 26.3 Å². The second-order valence-electron chi connectivity index (χ2n) is 6.67. The second kappa shape index (κ2) is 6.49. The number of likely N-dealkylation sites (N-methyl/N-ethyl adjacent to an activating group) is 1. The fourth-order valence-electron chi connectivity index (χ4n) is 3.09. The molecule has 1 heterocycles. The van der Waals surface area contributed by atoms with E-state index in [2.05, 4.69) is 36.8 Å². The summed E-state index contributed by atoms with van der Waals surface area (Å²) in [5.41, 5.74) is 1.000. The highest BCUT2D eigenvalue weighted by atomic mass is 16.1. The Morgan fingerprint density at radius 3 is 2.90 bits per heavy atom. The van der Waals surface area contributed by atoms with E-state index in [0.29, 0.717) is 5.78 Å². The average Bonchev–Trinajstić information content (AvgIpc) is 2.43. The van der Waals surface area contributed by atoms with Gasteiger partial charge < -0.3 is 4.90 Å². The maximum absolute atomic E-state index is 12.4. The first-order valence-electron chi connectivity index (χ1n) is 7.62. The summed E-state index contributed by atoms with van der Waals surface area (Å²) in [4.78, 5) is 19.0. The van der Waals surface area contributed by atoms with Crippen molar-refractivity contribution in [1.82, 2.24) is 9.88 Å². The molecule has 0 amide bonds. The van der Waals surface area contributed by atoms with Crippen LogP contribution in [-0.4, -0.2) is 35.8 Å². The predicted molar refractivity (Wildman–Crippen MR) is 81.6 cm³/mol. The van der Waals surface area contributed by atoms with Crippen molar-refractivity contribution in [2.24, 2.45) is 11.3 Å². The van der Waals surface area contributed by atoms with Crippen molar-refractivity contribution in [2.75, 3.05) is 20.1 Å². The topological polar surface area (TPSA) is 33.2 Å². The van der Waals surface area contributed by atoms with Crippen LogP contribution in [0, 0.1) is 11.3 Å². The summed E-state index contributed by atoms with van der Waals surface area (Å²) in [5, 5.41) is 0. The van der Waals surface area contributed by atoms with Gasteiger partial charge in [-0.15, -0.1) is 0 Å². The molecule has 0 spiro atoms. The number of hydrogen-bond acceptors (Lipinski definition) is 3. The number of carbonyl (C=O) groups excluding carboxylic acids is 1. The van der Waals surface area contributed by atoms with E-state index in [1.807, 2.05) is 18.3 Å². The molecule has 3 heteroatoms. The van der Waals surface area contributed by atoms with Crippen molar-refractivity contribution >= 4 is 5.78 Å². The summed E-state index contributed by atoms with van der Waals surface area (Å²) in [5.74, 6) is 0.668. The zero-order chi connectivity index (χ0) is 14.6. The molecule has 0 saturated heterocycles. The molecule has 0 aliphatic heterocycles. The Bertz CT molecular complexity index is 442. The third-order valence-corrected chi connectivity index (χ3v) is 4.40. The number of hydrogen-bond donors (Lipinski definition) is 0. The Morgan fingerprint density at radius 2 is 2.20 bits per heavy atom. The first kappa shape index (κ1) is 15.2. The molecule has 1 aromatic rings. The van der Waals surface area contributed by atoms with E-state index in [-0.39, 0.29) is 11.3 Å². The number of aromatic nitrogens is 1. The Hall–Kier alpha value is -1.22. The van der Waals surface area contributed by atoms with Crippen LogP contribution in [0.1, 0.15) is 38.8 Å². The fourth-order valence-corrected chi connectivity index (χ4v) is 3.09. The normalized spacial score (nSPS) is 22.2. The highest BCUT2D eigenvalue weighted by Crippen LogP contribution is 2.35. The van der Waals surface area contributed by atoms with Gasteiger partial charge in [0, 0.05) is 42.7 Å². The largest absolute Gasteiger partial charge is 0.305 e. The summed E-state index contributed by atoms with van der Waals surface area (Å²) in [7, 11) is 2.11. The number of rotatable bonds is 5. The van der Waals surface area contributed by atoms with Crippen LogP contribution in [0.25, 0.3) is 0 Å². The quantitative estimate of drug-likeness (QED) is 0.827. The highest BCUT2D eigenvalue weighted by molar-refractivity contribution is 5.87. The van der Waals surface area contributed by atoms with Gasteiger partial charge in [-0.3, -0.25) is 9.78 Å². The van der Waals surface area contributed by atoms with Gasteiger partial charge in [0.1, 0.15) is 5.78 Å². The van der Waals surface area contributed by atoms with E-state index in [4.69, 9.17) is 0 Å². The lowest BCUT2D eigenvalue weighted by Crippen LogP contribution is -2.41. The van der Waals surface area contributed by atoms with Gasteiger partial charge in [-0.2, -0.15) is 0 Å². The molecule has 3 nitrogen and oxygen atoms in total. The van der Waals surface area contributed by atoms with Crippen molar-refractivity contribution in [3.63, 3.8) is 0 Å². The first-order valence-corrected chi connectivity index (χ1v) is 7.62. The average molecular weight is 274 g/mol. The Morgan fingerprint density at radius 1 is 1.40 bits per heavy atom. The monoisotopic (exact) mass is 274 g/mol. The number of nitrogens with zero attached hydrogens (tertiary/aromatic N) is 2. The highest BCUT2D eigenvalue weighted by Gasteiger charge is 2.37. The van der Waals surface area contributed by atoms with Gasteiger partial charge >= 0.3 is 0 Å². The Kier molecular flexibility index (Phi) is 4.92. The summed E-state index contributed by atoms with van der Waals surface area (Å²) in [6, 6.07) is 6.02. The zero-order valence-corrected chi connectivity index (χ0v) is 12.9. The molecule has 0 aromatic carbocycles. The number of ketones is 1. The van der Waals surface area contributed by atoms with E-state index in [9.17, 15) is 4.79 Å². The van der Waals surface area contributed by atoms with Gasteiger partial charge in [-0.05, 0) is 32.0 Å². The zero-order valence-electron chi connectivity index (χ0n) is 12.9. The molecule has 0 N–H and O–H groups in total. The summed E-state index contributed by atoms with van der Waals surface area (Å²) < 4.78 is 0. The lowest BCUT2D eigenvalue weighted by molar-refractivity contribution is -0.134. The molecule has 1 aromatic heterocycles. The standard InChI is InChI=1S/C17H26N2O/c1-17(2)10-6-7-14(16(17)20)13-19(3)12-9-15-8-4-5-11-18-15/h4-5,8,11,14H,6-7,9-10,12-13H2,1-3H3. The number of Topliss-reactive ketones (excluding diaryl/α,β-unsaturated/α-hetero) is 1. The number of carbonyl (C=O) groups is 1. The predicted octanol–water partition coefficient (Wildman–Crippen LogP) is 2.95. The minimum atomic E-state index is -0.120. The van der Waals surface area contributed by atoms with Crippen LogP contribution in [0.3, 0.4) is 0 Å². The summed E-state index contributed by atoms with van der Waals surface area (Å²) >= 11 is 0. The van der Waals surface area contributed by atoms with Crippen molar-refractivity contribution in [3.05, 3.63) is 30.1 Å². The summed E-state index contributed by atoms with van der Waals surface area (Å²) in [6.07, 6.45) is 6.05. The van der Waals surface area contributed by atoms with E-state index in [1.54, 1.807) is 0 Å². The van der Waals surface area contributed by atoms with Crippen molar-refractivity contribution in [1.29, 1.82) is 0 Å². The minimum absolute atomic E-state index is 0.120. The molecule has 1 fully saturated rings. The molecule has 1 unspecified atom stereocenters. The van der Waals surface area contributed by atoms with Gasteiger partial charge in [0.15, 0.2) is 0 Å². The van der Waals surface area contributed by atoms with Gasteiger partial charge in [-0.25, -0.2) is 0 Å². The van der Waals surface area contributed by atoms with Gasteiger partial charge in [0.25, 0.3) is 0 Å². The first-order chi connectivity index (χ1) is 9.49.